The summed E-state index contributed by atoms with van der Waals surface area (Å²) in [6.45, 7) is 1.99. The van der Waals surface area contributed by atoms with Gasteiger partial charge in [0.1, 0.15) is 0 Å². The Morgan fingerprint density at radius 2 is 1.56 bits per heavy atom. The van der Waals surface area contributed by atoms with E-state index < -0.39 is 8.80 Å². The molecule has 1 aromatic carbocycles. The van der Waals surface area contributed by atoms with E-state index in [0.717, 1.165) is 0 Å². The second-order valence-electron chi connectivity index (χ2n) is 4.19. The Bertz CT molecular complexity index is 333. The van der Waals surface area contributed by atoms with Gasteiger partial charge in [-0.25, -0.2) is 0 Å². The minimum atomic E-state index is -2.61. The highest BCUT2D eigenvalue weighted by molar-refractivity contribution is 6.60. The van der Waals surface area contributed by atoms with Crippen molar-refractivity contribution in [2.45, 2.75) is 24.3 Å². The molecule has 0 bridgehead atoms. The maximum absolute atomic E-state index is 6.31. The average molecular weight is 289 g/mol. The molecular formula is C13H21ClO3Si. The Morgan fingerprint density at radius 1 is 1.06 bits per heavy atom. The predicted octanol–water partition coefficient (Wildman–Crippen LogP) is 3.28. The van der Waals surface area contributed by atoms with Crippen LogP contribution in [-0.4, -0.2) is 35.5 Å². The van der Waals surface area contributed by atoms with Gasteiger partial charge in [-0.15, -0.1) is 11.6 Å². The first-order valence-electron chi connectivity index (χ1n) is 5.93. The van der Waals surface area contributed by atoms with Gasteiger partial charge < -0.3 is 13.3 Å². The summed E-state index contributed by atoms with van der Waals surface area (Å²) in [5, 5.41) is -0.0141. The van der Waals surface area contributed by atoms with E-state index >= 15 is 0 Å². The Balaban J connectivity index is 2.94. The highest BCUT2D eigenvalue weighted by Crippen LogP contribution is 2.33. The molecule has 1 rings (SSSR count). The Kier molecular flexibility index (Phi) is 6.32. The lowest BCUT2D eigenvalue weighted by atomic mass is 9.98. The van der Waals surface area contributed by atoms with Crippen molar-refractivity contribution in [2.24, 2.45) is 0 Å². The molecule has 3 nitrogen and oxygen atoms in total. The van der Waals surface area contributed by atoms with E-state index in [2.05, 4.69) is 12.1 Å². The maximum atomic E-state index is 6.31. The fourth-order valence-corrected chi connectivity index (χ4v) is 4.53. The molecule has 0 aromatic heterocycles. The molecule has 0 saturated carbocycles. The SMILES string of the molecule is CO[Si](CC(c1ccccc1)C(C)Cl)(OC)OC. The molecule has 0 radical (unpaired) electrons. The molecular weight excluding hydrogens is 268 g/mol. The number of halogens is 1. The van der Waals surface area contributed by atoms with Crippen molar-refractivity contribution in [1.29, 1.82) is 0 Å². The number of alkyl halides is 1. The van der Waals surface area contributed by atoms with Crippen LogP contribution in [0.4, 0.5) is 0 Å². The zero-order valence-electron chi connectivity index (χ0n) is 11.4. The quantitative estimate of drug-likeness (QED) is 0.569. The van der Waals surface area contributed by atoms with Gasteiger partial charge in [-0.2, -0.15) is 0 Å². The summed E-state index contributed by atoms with van der Waals surface area (Å²) in [7, 11) is 2.27. The van der Waals surface area contributed by atoms with Gasteiger partial charge in [0.25, 0.3) is 0 Å². The molecule has 1 aromatic rings. The van der Waals surface area contributed by atoms with E-state index in [1.165, 1.54) is 5.56 Å². The first kappa shape index (κ1) is 15.7. The molecule has 0 saturated heterocycles. The lowest BCUT2D eigenvalue weighted by molar-refractivity contribution is 0.121. The standard InChI is InChI=1S/C13H21ClO3Si/c1-11(14)13(12-8-6-5-7-9-12)10-18(15-2,16-3)17-4/h5-9,11,13H,10H2,1-4H3. The topological polar surface area (TPSA) is 27.7 Å². The molecule has 0 amide bonds. The van der Waals surface area contributed by atoms with E-state index in [0.29, 0.717) is 6.04 Å². The lowest BCUT2D eigenvalue weighted by Crippen LogP contribution is -2.44. The van der Waals surface area contributed by atoms with Gasteiger partial charge in [0, 0.05) is 38.7 Å². The smallest absolute Gasteiger partial charge is 0.377 e. The molecule has 2 atom stereocenters. The van der Waals surface area contributed by atoms with Gasteiger partial charge >= 0.3 is 8.80 Å². The molecule has 0 heterocycles. The van der Waals surface area contributed by atoms with Crippen LogP contribution in [0.1, 0.15) is 18.4 Å². The fraction of sp³-hybridized carbons (Fsp3) is 0.538. The third-order valence-corrected chi connectivity index (χ3v) is 6.30. The summed E-state index contributed by atoms with van der Waals surface area (Å²) in [5.74, 6) is 0.152. The minimum Gasteiger partial charge on any atom is -0.377 e. The lowest BCUT2D eigenvalue weighted by Gasteiger charge is -2.30. The summed E-state index contributed by atoms with van der Waals surface area (Å²) in [4.78, 5) is 0. The van der Waals surface area contributed by atoms with Crippen LogP contribution in [0.15, 0.2) is 30.3 Å². The maximum Gasteiger partial charge on any atom is 0.500 e. The van der Waals surface area contributed by atoms with Crippen LogP contribution in [-0.2, 0) is 13.3 Å². The van der Waals surface area contributed by atoms with Gasteiger partial charge in [0.2, 0.25) is 0 Å². The second-order valence-corrected chi connectivity index (χ2v) is 7.88. The van der Waals surface area contributed by atoms with Crippen LogP contribution >= 0.6 is 11.6 Å². The monoisotopic (exact) mass is 288 g/mol. The van der Waals surface area contributed by atoms with Crippen molar-refractivity contribution in [2.75, 3.05) is 21.3 Å². The zero-order chi connectivity index (χ0) is 13.6. The van der Waals surface area contributed by atoms with Crippen molar-refractivity contribution in [1.82, 2.24) is 0 Å². The van der Waals surface area contributed by atoms with Crippen molar-refractivity contribution < 1.29 is 13.3 Å². The van der Waals surface area contributed by atoms with E-state index in [-0.39, 0.29) is 11.3 Å². The van der Waals surface area contributed by atoms with Gasteiger partial charge in [0.15, 0.2) is 0 Å². The fourth-order valence-electron chi connectivity index (χ4n) is 2.02. The molecule has 0 aliphatic carbocycles. The first-order chi connectivity index (χ1) is 8.58. The molecule has 5 heteroatoms. The molecule has 0 aliphatic rings. The molecule has 0 aliphatic heterocycles. The van der Waals surface area contributed by atoms with E-state index in [1.807, 2.05) is 25.1 Å². The van der Waals surface area contributed by atoms with Gasteiger partial charge in [0.05, 0.1) is 0 Å². The Labute approximate surface area is 115 Å². The Hall–Kier alpha value is -0.393. The summed E-state index contributed by atoms with van der Waals surface area (Å²) in [6, 6.07) is 10.8. The highest BCUT2D eigenvalue weighted by atomic mass is 35.5. The van der Waals surface area contributed by atoms with Crippen LogP contribution in [0.3, 0.4) is 0 Å². The van der Waals surface area contributed by atoms with Crippen molar-refractivity contribution in [3.63, 3.8) is 0 Å². The summed E-state index contributed by atoms with van der Waals surface area (Å²) in [5.41, 5.74) is 1.18. The molecule has 18 heavy (non-hydrogen) atoms. The molecule has 2 unspecified atom stereocenters. The summed E-state index contributed by atoms with van der Waals surface area (Å²) in [6.07, 6.45) is 0. The summed E-state index contributed by atoms with van der Waals surface area (Å²) < 4.78 is 16.4. The number of hydrogen-bond acceptors (Lipinski definition) is 3. The van der Waals surface area contributed by atoms with E-state index in [4.69, 9.17) is 24.9 Å². The number of hydrogen-bond donors (Lipinski definition) is 0. The van der Waals surface area contributed by atoms with E-state index in [1.54, 1.807) is 21.3 Å². The first-order valence-corrected chi connectivity index (χ1v) is 8.30. The van der Waals surface area contributed by atoms with Gasteiger partial charge in [-0.05, 0) is 12.5 Å². The van der Waals surface area contributed by atoms with Crippen LogP contribution in [0.5, 0.6) is 0 Å². The van der Waals surface area contributed by atoms with Crippen LogP contribution < -0.4 is 0 Å². The van der Waals surface area contributed by atoms with Crippen LogP contribution in [0.25, 0.3) is 0 Å². The normalized spacial score (nSPS) is 15.4. The van der Waals surface area contributed by atoms with Crippen molar-refractivity contribution >= 4 is 20.4 Å². The molecule has 0 fully saturated rings. The van der Waals surface area contributed by atoms with Gasteiger partial charge in [-0.3, -0.25) is 0 Å². The highest BCUT2D eigenvalue weighted by Gasteiger charge is 2.42. The molecule has 0 spiro atoms. The third kappa shape index (κ3) is 3.80. The largest absolute Gasteiger partial charge is 0.500 e. The second kappa shape index (κ2) is 7.26. The van der Waals surface area contributed by atoms with Crippen molar-refractivity contribution in [3.05, 3.63) is 35.9 Å². The Morgan fingerprint density at radius 3 is 1.94 bits per heavy atom. The molecule has 102 valence electrons. The predicted molar refractivity (Wildman–Crippen MR) is 76.1 cm³/mol. The van der Waals surface area contributed by atoms with Crippen molar-refractivity contribution in [3.8, 4) is 0 Å². The van der Waals surface area contributed by atoms with E-state index in [9.17, 15) is 0 Å². The van der Waals surface area contributed by atoms with Gasteiger partial charge in [-0.1, -0.05) is 30.3 Å². The van der Waals surface area contributed by atoms with Crippen LogP contribution in [0, 0.1) is 0 Å². The third-order valence-electron chi connectivity index (χ3n) is 3.19. The van der Waals surface area contributed by atoms with Crippen LogP contribution in [0.2, 0.25) is 6.04 Å². The number of rotatable bonds is 7. The minimum absolute atomic E-state index is 0.0141. The number of benzene rings is 1. The zero-order valence-corrected chi connectivity index (χ0v) is 13.1. The summed E-state index contributed by atoms with van der Waals surface area (Å²) >= 11 is 6.31. The average Bonchev–Trinajstić information content (AvgIpc) is 2.42. The molecule has 0 N–H and O–H groups in total.